The number of rotatable bonds is 4. The summed E-state index contributed by atoms with van der Waals surface area (Å²) < 4.78 is 5.19. The fraction of sp³-hybridized carbons (Fsp3) is 0.833. The third kappa shape index (κ3) is 6.43. The van der Waals surface area contributed by atoms with Crippen molar-refractivity contribution in [2.75, 3.05) is 13.6 Å². The van der Waals surface area contributed by atoms with E-state index in [9.17, 15) is 9.59 Å². The summed E-state index contributed by atoms with van der Waals surface area (Å²) in [5, 5.41) is 0. The second-order valence-corrected chi connectivity index (χ2v) is 5.20. The van der Waals surface area contributed by atoms with E-state index < -0.39 is 5.60 Å². The third-order valence-electron chi connectivity index (χ3n) is 2.30. The molecule has 0 saturated heterocycles. The first-order chi connectivity index (χ1) is 7.13. The van der Waals surface area contributed by atoms with Crippen LogP contribution in [0.2, 0.25) is 0 Å². The minimum atomic E-state index is -0.475. The Kier molecular flexibility index (Phi) is 5.48. The first-order valence-electron chi connectivity index (χ1n) is 5.58. The molecule has 1 amide bonds. The fourth-order valence-corrected chi connectivity index (χ4v) is 1.02. The molecule has 0 aromatic heterocycles. The number of ether oxygens (including phenoxy) is 1. The number of Topliss-reactive ketones (excluding diaryl/α,β-unsaturated/α-hetero) is 1. The molecule has 0 aliphatic heterocycles. The van der Waals surface area contributed by atoms with Gasteiger partial charge in [0.2, 0.25) is 0 Å². The van der Waals surface area contributed by atoms with Gasteiger partial charge in [-0.2, -0.15) is 0 Å². The predicted molar refractivity (Wildman–Crippen MR) is 63.3 cm³/mol. The summed E-state index contributed by atoms with van der Waals surface area (Å²) in [6.07, 6.45) is 0.327. The average Bonchev–Trinajstić information content (AvgIpc) is 2.10. The second kappa shape index (κ2) is 5.87. The van der Waals surface area contributed by atoms with E-state index in [2.05, 4.69) is 0 Å². The summed E-state index contributed by atoms with van der Waals surface area (Å²) >= 11 is 0. The van der Waals surface area contributed by atoms with Gasteiger partial charge in [-0.3, -0.25) is 4.79 Å². The van der Waals surface area contributed by atoms with Gasteiger partial charge in [0.25, 0.3) is 0 Å². The van der Waals surface area contributed by atoms with Gasteiger partial charge in [0, 0.05) is 19.5 Å². The second-order valence-electron chi connectivity index (χ2n) is 5.20. The van der Waals surface area contributed by atoms with Crippen LogP contribution in [0, 0.1) is 5.92 Å². The molecule has 0 radical (unpaired) electrons. The van der Waals surface area contributed by atoms with Gasteiger partial charge in [0.15, 0.2) is 0 Å². The monoisotopic (exact) mass is 229 g/mol. The van der Waals surface area contributed by atoms with Crippen LogP contribution in [-0.4, -0.2) is 36.0 Å². The van der Waals surface area contributed by atoms with E-state index in [4.69, 9.17) is 4.74 Å². The summed E-state index contributed by atoms with van der Waals surface area (Å²) in [5.41, 5.74) is -0.475. The van der Waals surface area contributed by atoms with Crippen molar-refractivity contribution >= 4 is 11.9 Å². The van der Waals surface area contributed by atoms with E-state index in [-0.39, 0.29) is 17.8 Å². The summed E-state index contributed by atoms with van der Waals surface area (Å²) in [6.45, 7) is 9.46. The van der Waals surface area contributed by atoms with E-state index in [1.807, 2.05) is 27.7 Å². The Labute approximate surface area is 98.0 Å². The smallest absolute Gasteiger partial charge is 0.410 e. The van der Waals surface area contributed by atoms with Gasteiger partial charge in [0.05, 0.1) is 0 Å². The molecule has 0 aromatic rings. The zero-order chi connectivity index (χ0) is 12.9. The molecule has 0 bridgehead atoms. The Morgan fingerprint density at radius 1 is 1.31 bits per heavy atom. The molecule has 0 aliphatic rings. The van der Waals surface area contributed by atoms with Gasteiger partial charge >= 0.3 is 6.09 Å². The Morgan fingerprint density at radius 2 is 1.81 bits per heavy atom. The SMILES string of the molecule is CC(=O)C(C)CCN(C)C(=O)OC(C)(C)C. The minimum Gasteiger partial charge on any atom is -0.444 e. The highest BCUT2D eigenvalue weighted by atomic mass is 16.6. The molecule has 0 aromatic carbocycles. The van der Waals surface area contributed by atoms with Gasteiger partial charge in [-0.25, -0.2) is 4.79 Å². The highest BCUT2D eigenvalue weighted by molar-refractivity contribution is 5.77. The van der Waals surface area contributed by atoms with Gasteiger partial charge in [-0.1, -0.05) is 6.92 Å². The van der Waals surface area contributed by atoms with Crippen molar-refractivity contribution in [3.8, 4) is 0 Å². The first-order valence-corrected chi connectivity index (χ1v) is 5.58. The number of carbonyl (C=O) groups excluding carboxylic acids is 2. The number of nitrogens with zero attached hydrogens (tertiary/aromatic N) is 1. The van der Waals surface area contributed by atoms with Crippen LogP contribution in [0.25, 0.3) is 0 Å². The lowest BCUT2D eigenvalue weighted by atomic mass is 10.0. The van der Waals surface area contributed by atoms with E-state index in [1.165, 1.54) is 4.90 Å². The van der Waals surface area contributed by atoms with Crippen LogP contribution >= 0.6 is 0 Å². The fourth-order valence-electron chi connectivity index (χ4n) is 1.02. The highest BCUT2D eigenvalue weighted by Gasteiger charge is 2.20. The lowest BCUT2D eigenvalue weighted by Crippen LogP contribution is -2.35. The largest absolute Gasteiger partial charge is 0.444 e. The van der Waals surface area contributed by atoms with Gasteiger partial charge in [-0.05, 0) is 34.1 Å². The summed E-state index contributed by atoms with van der Waals surface area (Å²) in [4.78, 5) is 24.1. The molecule has 1 atom stereocenters. The van der Waals surface area contributed by atoms with E-state index >= 15 is 0 Å². The standard InChI is InChI=1S/C12H23NO3/c1-9(10(2)14)7-8-13(6)11(15)16-12(3,4)5/h9H,7-8H2,1-6H3. The molecule has 0 fully saturated rings. The van der Waals surface area contributed by atoms with Crippen molar-refractivity contribution in [2.24, 2.45) is 5.92 Å². The third-order valence-corrected chi connectivity index (χ3v) is 2.30. The maximum Gasteiger partial charge on any atom is 0.410 e. The first kappa shape index (κ1) is 14.9. The lowest BCUT2D eigenvalue weighted by molar-refractivity contribution is -0.120. The maximum absolute atomic E-state index is 11.6. The van der Waals surface area contributed by atoms with Crippen molar-refractivity contribution in [3.63, 3.8) is 0 Å². The average molecular weight is 229 g/mol. The van der Waals surface area contributed by atoms with E-state index in [0.29, 0.717) is 13.0 Å². The van der Waals surface area contributed by atoms with Crippen molar-refractivity contribution < 1.29 is 14.3 Å². The number of hydrogen-bond donors (Lipinski definition) is 0. The molecule has 94 valence electrons. The Hall–Kier alpha value is -1.06. The lowest BCUT2D eigenvalue weighted by Gasteiger charge is -2.25. The Morgan fingerprint density at radius 3 is 2.19 bits per heavy atom. The topological polar surface area (TPSA) is 46.6 Å². The van der Waals surface area contributed by atoms with Crippen molar-refractivity contribution in [1.29, 1.82) is 0 Å². The van der Waals surface area contributed by atoms with Crippen LogP contribution in [-0.2, 0) is 9.53 Å². The van der Waals surface area contributed by atoms with Crippen molar-refractivity contribution in [1.82, 2.24) is 4.90 Å². The van der Waals surface area contributed by atoms with Crippen LogP contribution in [0.1, 0.15) is 41.0 Å². The van der Waals surface area contributed by atoms with Crippen molar-refractivity contribution in [2.45, 2.75) is 46.6 Å². The Bertz CT molecular complexity index is 255. The molecule has 1 unspecified atom stereocenters. The van der Waals surface area contributed by atoms with Gasteiger partial charge in [-0.15, -0.1) is 0 Å². The minimum absolute atomic E-state index is 0.00936. The summed E-state index contributed by atoms with van der Waals surface area (Å²) in [5.74, 6) is 0.141. The Balaban J connectivity index is 4.02. The van der Waals surface area contributed by atoms with Crippen LogP contribution in [0.3, 0.4) is 0 Å². The van der Waals surface area contributed by atoms with Gasteiger partial charge in [0.1, 0.15) is 11.4 Å². The quantitative estimate of drug-likeness (QED) is 0.744. The number of ketones is 1. The normalized spacial score (nSPS) is 13.1. The molecule has 4 nitrogen and oxygen atoms in total. The molecule has 4 heteroatoms. The van der Waals surface area contributed by atoms with Crippen LogP contribution in [0.5, 0.6) is 0 Å². The van der Waals surface area contributed by atoms with Crippen molar-refractivity contribution in [3.05, 3.63) is 0 Å². The number of amides is 1. The molecular weight excluding hydrogens is 206 g/mol. The van der Waals surface area contributed by atoms with Crippen LogP contribution in [0.4, 0.5) is 4.79 Å². The molecule has 0 rings (SSSR count). The summed E-state index contributed by atoms with van der Waals surface area (Å²) in [6, 6.07) is 0. The van der Waals surface area contributed by atoms with E-state index in [1.54, 1.807) is 14.0 Å². The van der Waals surface area contributed by atoms with Crippen LogP contribution < -0.4 is 0 Å². The van der Waals surface area contributed by atoms with E-state index in [0.717, 1.165) is 0 Å². The molecule has 0 heterocycles. The summed E-state index contributed by atoms with van der Waals surface area (Å²) in [7, 11) is 1.68. The molecule has 0 saturated carbocycles. The maximum atomic E-state index is 11.6. The molecule has 0 aliphatic carbocycles. The molecule has 0 N–H and O–H groups in total. The number of carbonyl (C=O) groups is 2. The van der Waals surface area contributed by atoms with Crippen LogP contribution in [0.15, 0.2) is 0 Å². The number of hydrogen-bond acceptors (Lipinski definition) is 3. The predicted octanol–water partition coefficient (Wildman–Crippen LogP) is 2.47. The molecular formula is C12H23NO3. The van der Waals surface area contributed by atoms with Gasteiger partial charge < -0.3 is 9.64 Å². The molecule has 0 spiro atoms. The molecule has 16 heavy (non-hydrogen) atoms. The zero-order valence-corrected chi connectivity index (χ0v) is 11.2. The highest BCUT2D eigenvalue weighted by Crippen LogP contribution is 2.10. The zero-order valence-electron chi connectivity index (χ0n) is 11.2.